The summed E-state index contributed by atoms with van der Waals surface area (Å²) >= 11 is 0. The second kappa shape index (κ2) is 6.12. The fourth-order valence-corrected chi connectivity index (χ4v) is 2.26. The minimum atomic E-state index is -0.822. The van der Waals surface area contributed by atoms with E-state index in [1.165, 1.54) is 0 Å². The molecule has 1 fully saturated rings. The summed E-state index contributed by atoms with van der Waals surface area (Å²) in [6, 6.07) is 0.272. The van der Waals surface area contributed by atoms with Crippen LogP contribution in [0.1, 0.15) is 32.1 Å². The van der Waals surface area contributed by atoms with Crippen LogP contribution >= 0.6 is 0 Å². The minimum Gasteiger partial charge on any atom is -0.481 e. The van der Waals surface area contributed by atoms with E-state index in [0.29, 0.717) is 19.7 Å². The minimum absolute atomic E-state index is 0.0490. The van der Waals surface area contributed by atoms with Gasteiger partial charge in [-0.05, 0) is 13.8 Å². The lowest BCUT2D eigenvalue weighted by Crippen LogP contribution is -2.43. The monoisotopic (exact) mass is 268 g/mol. The molecule has 2 heterocycles. The van der Waals surface area contributed by atoms with Crippen LogP contribution in [0, 0.1) is 0 Å². The Balaban J connectivity index is 1.95. The van der Waals surface area contributed by atoms with E-state index in [2.05, 4.69) is 28.8 Å². The number of morpholine rings is 1. The first-order valence-electron chi connectivity index (χ1n) is 6.50. The summed E-state index contributed by atoms with van der Waals surface area (Å²) < 4.78 is 7.34. The van der Waals surface area contributed by atoms with Crippen molar-refractivity contribution in [1.82, 2.24) is 19.7 Å². The Labute approximate surface area is 112 Å². The summed E-state index contributed by atoms with van der Waals surface area (Å²) in [5.41, 5.74) is 0. The molecule has 7 nitrogen and oxygen atoms in total. The number of hydrogen-bond acceptors (Lipinski definition) is 5. The van der Waals surface area contributed by atoms with Gasteiger partial charge in [0.1, 0.15) is 12.2 Å². The second-order valence-electron chi connectivity index (χ2n) is 5.04. The van der Waals surface area contributed by atoms with E-state index >= 15 is 0 Å². The smallest absolute Gasteiger partial charge is 0.306 e. The van der Waals surface area contributed by atoms with Crippen molar-refractivity contribution in [1.29, 1.82) is 0 Å². The van der Waals surface area contributed by atoms with E-state index in [1.807, 2.05) is 4.68 Å². The van der Waals surface area contributed by atoms with E-state index in [9.17, 15) is 4.79 Å². The molecule has 0 aromatic carbocycles. The molecule has 0 spiro atoms. The molecule has 1 aliphatic rings. The SMILES string of the molecule is CC(C)n1ncnc1CN1CCOC(CC(=O)O)C1. The Morgan fingerprint density at radius 1 is 1.63 bits per heavy atom. The maximum atomic E-state index is 10.7. The molecular formula is C12H20N4O3. The number of carboxylic acids is 1. The Morgan fingerprint density at radius 2 is 2.42 bits per heavy atom. The van der Waals surface area contributed by atoms with Crippen molar-refractivity contribution in [3.05, 3.63) is 12.2 Å². The summed E-state index contributed by atoms with van der Waals surface area (Å²) in [7, 11) is 0. The average molecular weight is 268 g/mol. The third kappa shape index (κ3) is 3.74. The van der Waals surface area contributed by atoms with Gasteiger partial charge in [-0.1, -0.05) is 0 Å². The number of hydrogen-bond donors (Lipinski definition) is 1. The molecule has 106 valence electrons. The molecule has 1 N–H and O–H groups in total. The standard InChI is InChI=1S/C12H20N4O3/c1-9(2)16-11(13-8-14-16)7-15-3-4-19-10(6-15)5-12(17)18/h8-10H,3-7H2,1-2H3,(H,17,18). The molecule has 1 aliphatic heterocycles. The average Bonchev–Trinajstić information content (AvgIpc) is 2.76. The third-order valence-electron chi connectivity index (χ3n) is 3.13. The molecule has 0 saturated carbocycles. The van der Waals surface area contributed by atoms with Crippen LogP contribution in [0.5, 0.6) is 0 Å². The van der Waals surface area contributed by atoms with Gasteiger partial charge in [-0.15, -0.1) is 0 Å². The largest absolute Gasteiger partial charge is 0.481 e. The lowest BCUT2D eigenvalue weighted by molar-refractivity contribution is -0.142. The molecule has 2 rings (SSSR count). The lowest BCUT2D eigenvalue weighted by atomic mass is 10.2. The Morgan fingerprint density at radius 3 is 3.11 bits per heavy atom. The highest BCUT2D eigenvalue weighted by Gasteiger charge is 2.24. The Bertz CT molecular complexity index is 432. The topological polar surface area (TPSA) is 80.5 Å². The lowest BCUT2D eigenvalue weighted by Gasteiger charge is -2.32. The molecule has 1 aromatic heterocycles. The molecule has 1 unspecified atom stereocenters. The van der Waals surface area contributed by atoms with Gasteiger partial charge in [-0.3, -0.25) is 9.69 Å². The van der Waals surface area contributed by atoms with Crippen LogP contribution in [0.25, 0.3) is 0 Å². The first-order chi connectivity index (χ1) is 9.06. The van der Waals surface area contributed by atoms with Crippen LogP contribution in [-0.2, 0) is 16.1 Å². The number of aliphatic carboxylic acids is 1. The highest BCUT2D eigenvalue weighted by atomic mass is 16.5. The number of aromatic nitrogens is 3. The first-order valence-corrected chi connectivity index (χ1v) is 6.50. The van der Waals surface area contributed by atoms with Crippen LogP contribution in [0.3, 0.4) is 0 Å². The molecule has 0 aliphatic carbocycles. The zero-order valence-electron chi connectivity index (χ0n) is 11.3. The van der Waals surface area contributed by atoms with Gasteiger partial charge in [0.15, 0.2) is 0 Å². The number of carbonyl (C=O) groups is 1. The summed E-state index contributed by atoms with van der Waals surface area (Å²) in [4.78, 5) is 17.1. The van der Waals surface area contributed by atoms with Crippen LogP contribution < -0.4 is 0 Å². The van der Waals surface area contributed by atoms with E-state index in [1.54, 1.807) is 6.33 Å². The summed E-state index contributed by atoms with van der Waals surface area (Å²) in [5.74, 6) is 0.0863. The van der Waals surface area contributed by atoms with Crippen LogP contribution in [0.2, 0.25) is 0 Å². The molecule has 0 radical (unpaired) electrons. The molecule has 19 heavy (non-hydrogen) atoms. The zero-order valence-corrected chi connectivity index (χ0v) is 11.3. The number of ether oxygens (including phenoxy) is 1. The Hall–Kier alpha value is -1.47. The van der Waals surface area contributed by atoms with Crippen molar-refractivity contribution in [3.8, 4) is 0 Å². The van der Waals surface area contributed by atoms with Gasteiger partial charge in [-0.2, -0.15) is 5.10 Å². The number of nitrogens with zero attached hydrogens (tertiary/aromatic N) is 4. The number of rotatable bonds is 5. The highest BCUT2D eigenvalue weighted by Crippen LogP contribution is 2.13. The maximum Gasteiger partial charge on any atom is 0.306 e. The maximum absolute atomic E-state index is 10.7. The summed E-state index contributed by atoms with van der Waals surface area (Å²) in [5, 5.41) is 13.0. The predicted molar refractivity (Wildman–Crippen MR) is 67.7 cm³/mol. The predicted octanol–water partition coefficient (Wildman–Crippen LogP) is 0.534. The Kier molecular flexibility index (Phi) is 4.49. The zero-order chi connectivity index (χ0) is 13.8. The van der Waals surface area contributed by atoms with Crippen molar-refractivity contribution in [2.75, 3.05) is 19.7 Å². The van der Waals surface area contributed by atoms with Crippen LogP contribution in [0.4, 0.5) is 0 Å². The third-order valence-corrected chi connectivity index (χ3v) is 3.13. The van der Waals surface area contributed by atoms with Gasteiger partial charge in [-0.25, -0.2) is 9.67 Å². The van der Waals surface area contributed by atoms with E-state index in [4.69, 9.17) is 9.84 Å². The fourth-order valence-electron chi connectivity index (χ4n) is 2.26. The van der Waals surface area contributed by atoms with Gasteiger partial charge in [0, 0.05) is 19.1 Å². The van der Waals surface area contributed by atoms with Crippen molar-refractivity contribution < 1.29 is 14.6 Å². The molecular weight excluding hydrogens is 248 g/mol. The van der Waals surface area contributed by atoms with E-state index in [-0.39, 0.29) is 18.6 Å². The summed E-state index contributed by atoms with van der Waals surface area (Å²) in [6.45, 7) is 6.78. The van der Waals surface area contributed by atoms with E-state index < -0.39 is 5.97 Å². The van der Waals surface area contributed by atoms with Gasteiger partial charge in [0.05, 0.1) is 25.7 Å². The molecule has 0 amide bonds. The van der Waals surface area contributed by atoms with Crippen molar-refractivity contribution >= 4 is 5.97 Å². The molecule has 0 bridgehead atoms. The molecule has 1 saturated heterocycles. The van der Waals surface area contributed by atoms with Gasteiger partial charge < -0.3 is 9.84 Å². The fraction of sp³-hybridized carbons (Fsp3) is 0.750. The van der Waals surface area contributed by atoms with Crippen molar-refractivity contribution in [3.63, 3.8) is 0 Å². The van der Waals surface area contributed by atoms with Gasteiger partial charge >= 0.3 is 5.97 Å². The number of carboxylic acid groups (broad SMARTS) is 1. The van der Waals surface area contributed by atoms with E-state index in [0.717, 1.165) is 12.4 Å². The highest BCUT2D eigenvalue weighted by molar-refractivity contribution is 5.67. The molecule has 1 atom stereocenters. The summed E-state index contributed by atoms with van der Waals surface area (Å²) in [6.07, 6.45) is 1.37. The molecule has 1 aromatic rings. The first kappa shape index (κ1) is 14.0. The molecule has 7 heteroatoms. The van der Waals surface area contributed by atoms with Gasteiger partial charge in [0.25, 0.3) is 0 Å². The second-order valence-corrected chi connectivity index (χ2v) is 5.04. The van der Waals surface area contributed by atoms with Gasteiger partial charge in [0.2, 0.25) is 0 Å². The van der Waals surface area contributed by atoms with Crippen LogP contribution in [-0.4, -0.2) is 56.5 Å². The quantitative estimate of drug-likeness (QED) is 0.839. The van der Waals surface area contributed by atoms with Crippen molar-refractivity contribution in [2.45, 2.75) is 39.0 Å². The van der Waals surface area contributed by atoms with Crippen LogP contribution in [0.15, 0.2) is 6.33 Å². The normalized spacial score (nSPS) is 20.9. The van der Waals surface area contributed by atoms with Crippen molar-refractivity contribution in [2.24, 2.45) is 0 Å².